The molecule has 2 aliphatic rings. The van der Waals surface area contributed by atoms with E-state index in [1.165, 1.54) is 22.3 Å². The molecule has 2 aromatic heterocycles. The Morgan fingerprint density at radius 3 is 2.60 bits per heavy atom. The fourth-order valence-electron chi connectivity index (χ4n) is 5.19. The highest BCUT2D eigenvalue weighted by atomic mass is 16.4. The lowest BCUT2D eigenvalue weighted by Gasteiger charge is -2.15. The highest BCUT2D eigenvalue weighted by molar-refractivity contribution is 5.75. The Labute approximate surface area is 203 Å². The van der Waals surface area contributed by atoms with Gasteiger partial charge in [-0.1, -0.05) is 30.3 Å². The maximum absolute atomic E-state index is 11.1. The molecule has 2 aromatic carbocycles. The first-order chi connectivity index (χ1) is 17.1. The summed E-state index contributed by atoms with van der Waals surface area (Å²) in [5.41, 5.74) is 8.05. The monoisotopic (exact) mass is 466 g/mol. The zero-order valence-corrected chi connectivity index (χ0v) is 19.4. The number of carboxylic acids is 1. The molecule has 1 unspecified atom stereocenters. The van der Waals surface area contributed by atoms with Crippen LogP contribution in [0.1, 0.15) is 47.4 Å². The maximum atomic E-state index is 11.1. The average Bonchev–Trinajstić information content (AvgIpc) is 3.41. The summed E-state index contributed by atoms with van der Waals surface area (Å²) in [6, 6.07) is 18.9. The summed E-state index contributed by atoms with van der Waals surface area (Å²) in [4.78, 5) is 15.6. The molecule has 7 nitrogen and oxygen atoms in total. The number of aliphatic carboxylic acids is 1. The van der Waals surface area contributed by atoms with E-state index in [-0.39, 0.29) is 11.8 Å². The highest BCUT2D eigenvalue weighted by Crippen LogP contribution is 2.46. The van der Waals surface area contributed by atoms with E-state index in [9.17, 15) is 4.79 Å². The quantitative estimate of drug-likeness (QED) is 0.374. The van der Waals surface area contributed by atoms with Crippen LogP contribution >= 0.6 is 0 Å². The molecule has 1 fully saturated rings. The van der Waals surface area contributed by atoms with Crippen molar-refractivity contribution in [3.63, 3.8) is 0 Å². The third-order valence-corrected chi connectivity index (χ3v) is 7.19. The summed E-state index contributed by atoms with van der Waals surface area (Å²) < 4.78 is 5.54. The van der Waals surface area contributed by atoms with Crippen molar-refractivity contribution in [3.8, 4) is 22.6 Å². The highest BCUT2D eigenvalue weighted by Gasteiger charge is 2.45. The van der Waals surface area contributed by atoms with Crippen LogP contribution < -0.4 is 5.32 Å². The molecule has 176 valence electrons. The van der Waals surface area contributed by atoms with Crippen LogP contribution in [0.25, 0.3) is 22.6 Å². The van der Waals surface area contributed by atoms with Gasteiger partial charge < -0.3 is 14.8 Å². The van der Waals surface area contributed by atoms with Crippen LogP contribution in [-0.4, -0.2) is 32.8 Å². The Bertz CT molecular complexity index is 1380. The molecule has 4 aromatic rings. The Kier molecular flexibility index (Phi) is 5.32. The second kappa shape index (κ2) is 8.65. The van der Waals surface area contributed by atoms with Gasteiger partial charge in [0.2, 0.25) is 11.8 Å². The lowest BCUT2D eigenvalue weighted by Crippen LogP contribution is -2.10. The van der Waals surface area contributed by atoms with Gasteiger partial charge in [-0.05, 0) is 65.8 Å². The SMILES string of the molecule is Cc1nnc(-c2ccc(-c3cccc4c3CCC4CNc3ccc([C@H]4C[C@@H]4C(=O)O)nc3)cc2)o1. The number of carbonyl (C=O) groups is 1. The summed E-state index contributed by atoms with van der Waals surface area (Å²) in [5.74, 6) is 0.601. The van der Waals surface area contributed by atoms with Crippen LogP contribution in [0.2, 0.25) is 0 Å². The van der Waals surface area contributed by atoms with Gasteiger partial charge in [-0.15, -0.1) is 10.2 Å². The summed E-state index contributed by atoms with van der Waals surface area (Å²) in [6.07, 6.45) is 4.67. The van der Waals surface area contributed by atoms with E-state index in [1.807, 2.05) is 30.5 Å². The van der Waals surface area contributed by atoms with E-state index in [0.29, 0.717) is 24.1 Å². The zero-order chi connectivity index (χ0) is 23.9. The molecule has 0 spiro atoms. The van der Waals surface area contributed by atoms with Gasteiger partial charge in [0.15, 0.2) is 0 Å². The van der Waals surface area contributed by atoms with E-state index >= 15 is 0 Å². The Hall–Kier alpha value is -4.00. The first-order valence-electron chi connectivity index (χ1n) is 12.0. The van der Waals surface area contributed by atoms with Gasteiger partial charge in [0.05, 0.1) is 17.8 Å². The molecule has 6 rings (SSSR count). The minimum Gasteiger partial charge on any atom is -0.481 e. The number of nitrogens with one attached hydrogen (secondary N) is 1. The van der Waals surface area contributed by atoms with Gasteiger partial charge in [0.25, 0.3) is 0 Å². The third-order valence-electron chi connectivity index (χ3n) is 7.19. The van der Waals surface area contributed by atoms with E-state index in [1.54, 1.807) is 6.92 Å². The molecule has 2 N–H and O–H groups in total. The molecule has 3 atom stereocenters. The molecule has 0 bridgehead atoms. The minimum absolute atomic E-state index is 0.0619. The lowest BCUT2D eigenvalue weighted by atomic mass is 9.94. The number of aryl methyl sites for hydroxylation is 1. The van der Waals surface area contributed by atoms with E-state index in [2.05, 4.69) is 50.8 Å². The van der Waals surface area contributed by atoms with Crippen molar-refractivity contribution in [2.24, 2.45) is 5.92 Å². The minimum atomic E-state index is -0.726. The summed E-state index contributed by atoms with van der Waals surface area (Å²) in [5, 5.41) is 20.7. The smallest absolute Gasteiger partial charge is 0.307 e. The first-order valence-corrected chi connectivity index (χ1v) is 12.0. The average molecular weight is 467 g/mol. The largest absolute Gasteiger partial charge is 0.481 e. The van der Waals surface area contributed by atoms with Crippen molar-refractivity contribution in [1.29, 1.82) is 0 Å². The number of carboxylic acid groups (broad SMARTS) is 1. The number of hydrogen-bond donors (Lipinski definition) is 2. The van der Waals surface area contributed by atoms with Crippen LogP contribution in [0.15, 0.2) is 65.2 Å². The molecular formula is C28H26N4O3. The maximum Gasteiger partial charge on any atom is 0.307 e. The third kappa shape index (κ3) is 4.18. The second-order valence-corrected chi connectivity index (χ2v) is 9.45. The van der Waals surface area contributed by atoms with Crippen LogP contribution in [-0.2, 0) is 11.2 Å². The number of benzene rings is 2. The molecule has 1 saturated carbocycles. The van der Waals surface area contributed by atoms with Gasteiger partial charge in [0.1, 0.15) is 0 Å². The Morgan fingerprint density at radius 1 is 1.09 bits per heavy atom. The molecule has 0 aliphatic heterocycles. The molecule has 7 heteroatoms. The predicted octanol–water partition coefficient (Wildman–Crippen LogP) is 5.44. The number of anilines is 1. The topological polar surface area (TPSA) is 101 Å². The number of fused-ring (bicyclic) bond motifs is 1. The van der Waals surface area contributed by atoms with Crippen molar-refractivity contribution < 1.29 is 14.3 Å². The van der Waals surface area contributed by atoms with Crippen LogP contribution in [0.4, 0.5) is 5.69 Å². The molecular weight excluding hydrogens is 440 g/mol. The van der Waals surface area contributed by atoms with Crippen molar-refractivity contribution in [3.05, 3.63) is 83.5 Å². The van der Waals surface area contributed by atoms with Crippen molar-refractivity contribution in [2.45, 2.75) is 38.0 Å². The first kappa shape index (κ1) is 21.5. The van der Waals surface area contributed by atoms with Crippen molar-refractivity contribution in [1.82, 2.24) is 15.2 Å². The summed E-state index contributed by atoms with van der Waals surface area (Å²) in [7, 11) is 0. The second-order valence-electron chi connectivity index (χ2n) is 9.45. The van der Waals surface area contributed by atoms with E-state index in [4.69, 9.17) is 9.52 Å². The number of aromatic nitrogens is 3. The standard InChI is InChI=1S/C28H26N4O3/c1-16-31-32-27(35-16)18-7-5-17(6-8-18)21-3-2-4-22-19(9-11-23(21)22)14-29-20-10-12-26(30-15-20)24-13-25(24)28(33)34/h2-8,10,12,15,19,24-25,29H,9,11,13-14H2,1H3,(H,33,34)/t19?,24-,25-/m0/s1. The Balaban J connectivity index is 1.14. The molecule has 0 amide bonds. The van der Waals surface area contributed by atoms with Crippen molar-refractivity contribution >= 4 is 11.7 Å². The number of nitrogens with zero attached hydrogens (tertiary/aromatic N) is 3. The van der Waals surface area contributed by atoms with Gasteiger partial charge in [-0.25, -0.2) is 0 Å². The Morgan fingerprint density at radius 2 is 1.91 bits per heavy atom. The molecule has 0 saturated heterocycles. The van der Waals surface area contributed by atoms with E-state index < -0.39 is 5.97 Å². The number of hydrogen-bond acceptors (Lipinski definition) is 6. The van der Waals surface area contributed by atoms with Gasteiger partial charge >= 0.3 is 5.97 Å². The zero-order valence-electron chi connectivity index (χ0n) is 19.4. The van der Waals surface area contributed by atoms with Crippen LogP contribution in [0.5, 0.6) is 0 Å². The fourth-order valence-corrected chi connectivity index (χ4v) is 5.19. The van der Waals surface area contributed by atoms with Gasteiger partial charge in [0, 0.05) is 36.6 Å². The molecule has 2 heterocycles. The lowest BCUT2D eigenvalue weighted by molar-refractivity contribution is -0.138. The molecule has 35 heavy (non-hydrogen) atoms. The van der Waals surface area contributed by atoms with Crippen LogP contribution in [0, 0.1) is 12.8 Å². The molecule has 2 aliphatic carbocycles. The summed E-state index contributed by atoms with van der Waals surface area (Å²) >= 11 is 0. The van der Waals surface area contributed by atoms with Crippen LogP contribution in [0.3, 0.4) is 0 Å². The predicted molar refractivity (Wildman–Crippen MR) is 132 cm³/mol. The number of rotatable bonds is 7. The molecule has 0 radical (unpaired) electrons. The van der Waals surface area contributed by atoms with Crippen molar-refractivity contribution in [2.75, 3.05) is 11.9 Å². The van der Waals surface area contributed by atoms with E-state index in [0.717, 1.165) is 36.3 Å². The number of pyridine rings is 1. The summed E-state index contributed by atoms with van der Waals surface area (Å²) in [6.45, 7) is 2.63. The van der Waals surface area contributed by atoms with Gasteiger partial charge in [-0.2, -0.15) is 0 Å². The van der Waals surface area contributed by atoms with Gasteiger partial charge in [-0.3, -0.25) is 9.78 Å². The fraction of sp³-hybridized carbons (Fsp3) is 0.286. The normalized spacial score (nSPS) is 20.4.